The predicted octanol–water partition coefficient (Wildman–Crippen LogP) is -0.889. The van der Waals surface area contributed by atoms with Crippen molar-refractivity contribution in [3.05, 3.63) is 0 Å². The van der Waals surface area contributed by atoms with E-state index >= 15 is 0 Å². The van der Waals surface area contributed by atoms with Crippen LogP contribution in [0.25, 0.3) is 0 Å². The van der Waals surface area contributed by atoms with E-state index in [2.05, 4.69) is 0 Å². The Morgan fingerprint density at radius 1 is 1.08 bits per heavy atom. The van der Waals surface area contributed by atoms with E-state index in [1.165, 1.54) is 0 Å². The summed E-state index contributed by atoms with van der Waals surface area (Å²) in [5, 5.41) is 36.2. The number of aliphatic hydroxyl groups excluding tert-OH is 4. The monoisotopic (exact) mass is 178 g/mol. The number of aliphatic hydroxyl groups is 4. The highest BCUT2D eigenvalue weighted by Gasteiger charge is 2.35. The molecule has 0 radical (unpaired) electrons. The molecule has 0 heterocycles. The molecular weight excluding hydrogens is 160 g/mol. The number of rotatable bonds is 6. The molecule has 0 bridgehead atoms. The molecule has 4 nitrogen and oxygen atoms in total. The Bertz CT molecular complexity index is 103. The molecule has 1 unspecified atom stereocenters. The van der Waals surface area contributed by atoms with E-state index in [4.69, 9.17) is 15.3 Å². The molecule has 0 aliphatic carbocycles. The molecule has 0 aromatic heterocycles. The Kier molecular flexibility index (Phi) is 5.41. The van der Waals surface area contributed by atoms with E-state index in [0.29, 0.717) is 6.42 Å². The lowest BCUT2D eigenvalue weighted by atomic mass is 9.82. The summed E-state index contributed by atoms with van der Waals surface area (Å²) in [6, 6.07) is 0. The van der Waals surface area contributed by atoms with Crippen LogP contribution in [0.1, 0.15) is 19.8 Å². The molecule has 0 saturated carbocycles. The Morgan fingerprint density at radius 3 is 1.75 bits per heavy atom. The maximum atomic E-state index is 9.48. The maximum absolute atomic E-state index is 9.48. The number of hydrogen-bond donors (Lipinski definition) is 4. The van der Waals surface area contributed by atoms with Gasteiger partial charge in [0.25, 0.3) is 0 Å². The van der Waals surface area contributed by atoms with Gasteiger partial charge in [0.2, 0.25) is 0 Å². The summed E-state index contributed by atoms with van der Waals surface area (Å²) in [6.07, 6.45) is 0.382. The van der Waals surface area contributed by atoms with Gasteiger partial charge in [-0.05, 0) is 6.42 Å². The lowest BCUT2D eigenvalue weighted by Crippen LogP contribution is -2.45. The van der Waals surface area contributed by atoms with Crippen LogP contribution in [-0.2, 0) is 0 Å². The topological polar surface area (TPSA) is 80.9 Å². The molecule has 4 heteroatoms. The molecule has 12 heavy (non-hydrogen) atoms. The summed E-state index contributed by atoms with van der Waals surface area (Å²) in [4.78, 5) is 0. The maximum Gasteiger partial charge on any atom is 0.0662 e. The van der Waals surface area contributed by atoms with Crippen molar-refractivity contribution in [3.63, 3.8) is 0 Å². The first-order chi connectivity index (χ1) is 5.66. The third-order valence-corrected chi connectivity index (χ3v) is 2.21. The lowest BCUT2D eigenvalue weighted by Gasteiger charge is -2.32. The summed E-state index contributed by atoms with van der Waals surface area (Å²) in [7, 11) is 0. The Morgan fingerprint density at radius 2 is 1.50 bits per heavy atom. The summed E-state index contributed by atoms with van der Waals surface area (Å²) in [6.45, 7) is 0.684. The molecule has 1 atom stereocenters. The van der Waals surface area contributed by atoms with Crippen LogP contribution in [0.15, 0.2) is 0 Å². The van der Waals surface area contributed by atoms with Gasteiger partial charge in [-0.2, -0.15) is 0 Å². The van der Waals surface area contributed by atoms with Gasteiger partial charge >= 0.3 is 0 Å². The summed E-state index contributed by atoms with van der Waals surface area (Å²) in [5.74, 6) is 0. The van der Waals surface area contributed by atoms with Gasteiger partial charge in [-0.1, -0.05) is 13.3 Å². The van der Waals surface area contributed by atoms with Crippen LogP contribution in [0.3, 0.4) is 0 Å². The summed E-state index contributed by atoms with van der Waals surface area (Å²) >= 11 is 0. The average Bonchev–Trinajstić information content (AvgIpc) is 2.09. The van der Waals surface area contributed by atoms with Crippen LogP contribution in [0.4, 0.5) is 0 Å². The highest BCUT2D eigenvalue weighted by atomic mass is 16.3. The van der Waals surface area contributed by atoms with Crippen molar-refractivity contribution in [3.8, 4) is 0 Å². The van der Waals surface area contributed by atoms with Gasteiger partial charge in [0.05, 0.1) is 31.3 Å². The van der Waals surface area contributed by atoms with Crippen LogP contribution < -0.4 is 0 Å². The zero-order valence-electron chi connectivity index (χ0n) is 7.40. The van der Waals surface area contributed by atoms with Gasteiger partial charge in [-0.15, -0.1) is 0 Å². The Balaban J connectivity index is 4.24. The molecule has 0 spiro atoms. The van der Waals surface area contributed by atoms with Crippen molar-refractivity contribution < 1.29 is 20.4 Å². The Hall–Kier alpha value is -0.160. The van der Waals surface area contributed by atoms with Crippen molar-refractivity contribution in [1.29, 1.82) is 0 Å². The minimum atomic E-state index is -1.14. The normalized spacial score (nSPS) is 14.8. The van der Waals surface area contributed by atoms with Gasteiger partial charge in [0.15, 0.2) is 0 Å². The molecule has 0 fully saturated rings. The molecule has 74 valence electrons. The summed E-state index contributed by atoms with van der Waals surface area (Å²) < 4.78 is 0. The van der Waals surface area contributed by atoms with Crippen molar-refractivity contribution in [2.45, 2.75) is 25.9 Å². The van der Waals surface area contributed by atoms with Crippen molar-refractivity contribution in [2.75, 3.05) is 19.8 Å². The SMILES string of the molecule is CCCC(O)C(CO)(CO)CO. The lowest BCUT2D eigenvalue weighted by molar-refractivity contribution is -0.0857. The first-order valence-electron chi connectivity index (χ1n) is 4.17. The quantitative estimate of drug-likeness (QED) is 0.425. The van der Waals surface area contributed by atoms with E-state index in [1.807, 2.05) is 6.92 Å². The molecule has 0 rings (SSSR count). The second kappa shape index (κ2) is 5.48. The molecular formula is C8H18O4. The smallest absolute Gasteiger partial charge is 0.0662 e. The standard InChI is InChI=1S/C8H18O4/c1-2-3-7(12)8(4-9,5-10)6-11/h7,9-12H,2-6H2,1H3. The van der Waals surface area contributed by atoms with E-state index in [9.17, 15) is 5.11 Å². The van der Waals surface area contributed by atoms with E-state index in [-0.39, 0.29) is 0 Å². The Labute approximate surface area is 72.5 Å². The minimum absolute atomic E-state index is 0.402. The van der Waals surface area contributed by atoms with E-state index < -0.39 is 31.3 Å². The van der Waals surface area contributed by atoms with Crippen LogP contribution >= 0.6 is 0 Å². The van der Waals surface area contributed by atoms with Gasteiger partial charge < -0.3 is 20.4 Å². The molecule has 0 aliphatic heterocycles. The van der Waals surface area contributed by atoms with Crippen molar-refractivity contribution in [2.24, 2.45) is 5.41 Å². The van der Waals surface area contributed by atoms with Crippen molar-refractivity contribution >= 4 is 0 Å². The van der Waals surface area contributed by atoms with Gasteiger partial charge in [-0.3, -0.25) is 0 Å². The van der Waals surface area contributed by atoms with Crippen LogP contribution in [0, 0.1) is 5.41 Å². The zero-order valence-corrected chi connectivity index (χ0v) is 7.40. The fourth-order valence-electron chi connectivity index (χ4n) is 1.05. The van der Waals surface area contributed by atoms with Gasteiger partial charge in [0, 0.05) is 0 Å². The fourth-order valence-corrected chi connectivity index (χ4v) is 1.05. The first-order valence-corrected chi connectivity index (χ1v) is 4.17. The zero-order chi connectivity index (χ0) is 9.61. The second-order valence-electron chi connectivity index (χ2n) is 3.14. The van der Waals surface area contributed by atoms with Gasteiger partial charge in [0.1, 0.15) is 0 Å². The molecule has 0 aromatic carbocycles. The van der Waals surface area contributed by atoms with E-state index in [0.717, 1.165) is 6.42 Å². The summed E-state index contributed by atoms with van der Waals surface area (Å²) in [5.41, 5.74) is -1.14. The van der Waals surface area contributed by atoms with Crippen LogP contribution in [0.5, 0.6) is 0 Å². The average molecular weight is 178 g/mol. The third-order valence-electron chi connectivity index (χ3n) is 2.21. The molecule has 0 aromatic rings. The highest BCUT2D eigenvalue weighted by Crippen LogP contribution is 2.23. The molecule has 0 saturated heterocycles. The fraction of sp³-hybridized carbons (Fsp3) is 1.00. The molecule has 0 amide bonds. The van der Waals surface area contributed by atoms with Crippen LogP contribution in [0.2, 0.25) is 0 Å². The number of hydrogen-bond acceptors (Lipinski definition) is 4. The highest BCUT2D eigenvalue weighted by molar-refractivity contribution is 4.84. The second-order valence-corrected chi connectivity index (χ2v) is 3.14. The third kappa shape index (κ3) is 2.42. The van der Waals surface area contributed by atoms with Crippen molar-refractivity contribution in [1.82, 2.24) is 0 Å². The molecule has 0 aliphatic rings. The largest absolute Gasteiger partial charge is 0.396 e. The minimum Gasteiger partial charge on any atom is -0.396 e. The van der Waals surface area contributed by atoms with E-state index in [1.54, 1.807) is 0 Å². The predicted molar refractivity (Wildman–Crippen MR) is 44.6 cm³/mol. The van der Waals surface area contributed by atoms with Crippen LogP contribution in [-0.4, -0.2) is 46.4 Å². The first kappa shape index (κ1) is 11.8. The molecule has 4 N–H and O–H groups in total. The van der Waals surface area contributed by atoms with Gasteiger partial charge in [-0.25, -0.2) is 0 Å².